The number of anilines is 2. The quantitative estimate of drug-likeness (QED) is 0.401. The highest BCUT2D eigenvalue weighted by atomic mass is 16.6. The summed E-state index contributed by atoms with van der Waals surface area (Å²) in [5.74, 6) is 0.464. The van der Waals surface area contributed by atoms with E-state index in [0.29, 0.717) is 11.4 Å². The van der Waals surface area contributed by atoms with Gasteiger partial charge >= 0.3 is 11.4 Å². The highest BCUT2D eigenvalue weighted by molar-refractivity contribution is 5.57. The van der Waals surface area contributed by atoms with Gasteiger partial charge in [-0.1, -0.05) is 0 Å². The molecule has 30 heavy (non-hydrogen) atoms. The maximum atomic E-state index is 11.2. The first kappa shape index (κ1) is 20.5. The second-order valence-corrected chi connectivity index (χ2v) is 6.42. The number of hydrogen-bond donors (Lipinski definition) is 0. The second-order valence-electron chi connectivity index (χ2n) is 6.42. The van der Waals surface area contributed by atoms with E-state index in [1.807, 2.05) is 0 Å². The Morgan fingerprint density at radius 3 is 1.50 bits per heavy atom. The summed E-state index contributed by atoms with van der Waals surface area (Å²) in [7, 11) is 3.36. The summed E-state index contributed by atoms with van der Waals surface area (Å²) < 4.78 is 0. The van der Waals surface area contributed by atoms with Gasteiger partial charge in [0.1, 0.15) is 0 Å². The topological polar surface area (TPSA) is 144 Å². The summed E-state index contributed by atoms with van der Waals surface area (Å²) in [5, 5.41) is 22.3. The number of hydrogen-bond acceptors (Lipinski definition) is 10. The molecular weight excluding hydrogens is 392 g/mol. The predicted octanol–water partition coefficient (Wildman–Crippen LogP) is 2.36. The van der Waals surface area contributed by atoms with Crippen molar-refractivity contribution in [3.05, 3.63) is 80.7 Å². The molecule has 3 heterocycles. The number of nitrogens with zero attached hydrogens (tertiary/aromatic N) is 8. The van der Waals surface area contributed by atoms with Crippen LogP contribution in [0.4, 0.5) is 23.0 Å². The third-order valence-electron chi connectivity index (χ3n) is 4.21. The Bertz CT molecular complexity index is 976. The number of nitro groups is 2. The van der Waals surface area contributed by atoms with Crippen LogP contribution in [-0.4, -0.2) is 43.9 Å². The first-order chi connectivity index (χ1) is 14.4. The van der Waals surface area contributed by atoms with Crippen LogP contribution < -0.4 is 9.80 Å². The number of aromatic nitrogens is 4. The van der Waals surface area contributed by atoms with Gasteiger partial charge in [-0.15, -0.1) is 0 Å². The van der Waals surface area contributed by atoms with Gasteiger partial charge in [0.15, 0.2) is 0 Å². The lowest BCUT2D eigenvalue weighted by atomic mass is 10.3. The molecule has 3 rings (SSSR count). The molecule has 12 heteroatoms. The van der Waals surface area contributed by atoms with Crippen molar-refractivity contribution in [2.45, 2.75) is 13.1 Å². The maximum absolute atomic E-state index is 11.2. The number of rotatable bonds is 8. The number of pyridine rings is 2. The molecule has 0 spiro atoms. The molecule has 0 aliphatic carbocycles. The summed E-state index contributed by atoms with van der Waals surface area (Å²) in [6.45, 7) is 0.541. The minimum absolute atomic E-state index is 0.0943. The molecule has 154 valence electrons. The normalized spacial score (nSPS) is 10.5. The summed E-state index contributed by atoms with van der Waals surface area (Å²) in [5.41, 5.74) is 0.992. The van der Waals surface area contributed by atoms with E-state index in [4.69, 9.17) is 0 Å². The molecule has 0 aliphatic rings. The average Bonchev–Trinajstić information content (AvgIpc) is 2.75. The van der Waals surface area contributed by atoms with E-state index in [9.17, 15) is 20.2 Å². The molecule has 0 atom stereocenters. The molecule has 0 saturated carbocycles. The van der Waals surface area contributed by atoms with E-state index < -0.39 is 9.85 Å². The Labute approximate surface area is 171 Å². The Hall–Kier alpha value is -4.22. The van der Waals surface area contributed by atoms with Crippen molar-refractivity contribution in [2.24, 2.45) is 0 Å². The van der Waals surface area contributed by atoms with Crippen LogP contribution in [0, 0.1) is 20.2 Å². The first-order valence-corrected chi connectivity index (χ1v) is 8.77. The monoisotopic (exact) mass is 410 g/mol. The van der Waals surface area contributed by atoms with Gasteiger partial charge in [-0.3, -0.25) is 30.2 Å². The van der Waals surface area contributed by atoms with E-state index in [-0.39, 0.29) is 36.1 Å². The molecule has 3 aromatic heterocycles. The first-order valence-electron chi connectivity index (χ1n) is 8.77. The SMILES string of the molecule is CN(Cc1cnc(CN(C)c2ncccc2[N+](=O)[O-])cn1)c1ncccc1[N+](=O)[O-]. The molecule has 3 aromatic rings. The van der Waals surface area contributed by atoms with Gasteiger partial charge in [-0.25, -0.2) is 9.97 Å². The summed E-state index contributed by atoms with van der Waals surface area (Å²) in [4.78, 5) is 41.4. The molecule has 0 amide bonds. The molecule has 0 unspecified atom stereocenters. The van der Waals surface area contributed by atoms with Crippen molar-refractivity contribution in [1.29, 1.82) is 0 Å². The summed E-state index contributed by atoms with van der Waals surface area (Å²) in [6.07, 6.45) is 6.09. The standard InChI is InChI=1S/C18H18N8O4/c1-23(17-15(25(27)28)5-3-7-19-17)11-13-9-22-14(10-21-13)12-24(2)18-16(26(29)30)6-4-8-20-18/h3-10H,11-12H2,1-2H3. The highest BCUT2D eigenvalue weighted by Gasteiger charge is 2.20. The van der Waals surface area contributed by atoms with Crippen molar-refractivity contribution in [3.8, 4) is 0 Å². The molecule has 0 saturated heterocycles. The Balaban J connectivity index is 1.70. The van der Waals surface area contributed by atoms with Crippen molar-refractivity contribution in [1.82, 2.24) is 19.9 Å². The van der Waals surface area contributed by atoms with Crippen LogP contribution in [0.1, 0.15) is 11.4 Å². The van der Waals surface area contributed by atoms with Crippen LogP contribution in [0.2, 0.25) is 0 Å². The van der Waals surface area contributed by atoms with E-state index in [2.05, 4.69) is 19.9 Å². The molecule has 12 nitrogen and oxygen atoms in total. The van der Waals surface area contributed by atoms with Gasteiger partial charge in [-0.05, 0) is 12.1 Å². The second kappa shape index (κ2) is 8.86. The van der Waals surface area contributed by atoms with Gasteiger partial charge in [0.25, 0.3) is 0 Å². The fourth-order valence-corrected chi connectivity index (χ4v) is 2.83. The zero-order valence-electron chi connectivity index (χ0n) is 16.2. The molecular formula is C18H18N8O4. The van der Waals surface area contributed by atoms with Crippen molar-refractivity contribution in [3.63, 3.8) is 0 Å². The highest BCUT2D eigenvalue weighted by Crippen LogP contribution is 2.26. The summed E-state index contributed by atoms with van der Waals surface area (Å²) >= 11 is 0. The van der Waals surface area contributed by atoms with Crippen molar-refractivity contribution >= 4 is 23.0 Å². The van der Waals surface area contributed by atoms with E-state index in [1.165, 1.54) is 36.7 Å². The van der Waals surface area contributed by atoms with Crippen LogP contribution in [-0.2, 0) is 13.1 Å². The van der Waals surface area contributed by atoms with Gasteiger partial charge in [0.2, 0.25) is 11.6 Å². The van der Waals surface area contributed by atoms with Gasteiger partial charge < -0.3 is 9.80 Å². The average molecular weight is 410 g/mol. The van der Waals surface area contributed by atoms with Crippen LogP contribution in [0.25, 0.3) is 0 Å². The van der Waals surface area contributed by atoms with Crippen LogP contribution in [0.15, 0.2) is 49.1 Å². The van der Waals surface area contributed by atoms with Crippen LogP contribution in [0.5, 0.6) is 0 Å². The summed E-state index contributed by atoms with van der Waals surface area (Å²) in [6, 6.07) is 5.79. The predicted molar refractivity (Wildman–Crippen MR) is 108 cm³/mol. The lowest BCUT2D eigenvalue weighted by Gasteiger charge is -2.18. The van der Waals surface area contributed by atoms with Crippen molar-refractivity contribution < 1.29 is 9.85 Å². The zero-order chi connectivity index (χ0) is 21.7. The third kappa shape index (κ3) is 4.60. The zero-order valence-corrected chi connectivity index (χ0v) is 16.2. The maximum Gasteiger partial charge on any atom is 0.311 e. The molecule has 0 aromatic carbocycles. The Morgan fingerprint density at radius 1 is 0.767 bits per heavy atom. The van der Waals surface area contributed by atoms with E-state index >= 15 is 0 Å². The van der Waals surface area contributed by atoms with Gasteiger partial charge in [-0.2, -0.15) is 0 Å². The minimum Gasteiger partial charge on any atom is -0.348 e. The molecule has 0 aliphatic heterocycles. The van der Waals surface area contributed by atoms with Gasteiger partial charge in [0.05, 0.1) is 46.7 Å². The fraction of sp³-hybridized carbons (Fsp3) is 0.222. The Kier molecular flexibility index (Phi) is 6.05. The van der Waals surface area contributed by atoms with E-state index in [0.717, 1.165) is 0 Å². The van der Waals surface area contributed by atoms with Crippen molar-refractivity contribution in [2.75, 3.05) is 23.9 Å². The molecule has 0 fully saturated rings. The smallest absolute Gasteiger partial charge is 0.311 e. The lowest BCUT2D eigenvalue weighted by molar-refractivity contribution is -0.384. The van der Waals surface area contributed by atoms with E-state index in [1.54, 1.807) is 36.3 Å². The molecule has 0 bridgehead atoms. The molecule has 0 N–H and O–H groups in total. The lowest BCUT2D eigenvalue weighted by Crippen LogP contribution is -2.21. The van der Waals surface area contributed by atoms with Crippen LogP contribution >= 0.6 is 0 Å². The van der Waals surface area contributed by atoms with Crippen LogP contribution in [0.3, 0.4) is 0 Å². The fourth-order valence-electron chi connectivity index (χ4n) is 2.83. The molecule has 0 radical (unpaired) electrons. The van der Waals surface area contributed by atoms with Gasteiger partial charge in [0, 0.05) is 38.6 Å². The third-order valence-corrected chi connectivity index (χ3v) is 4.21. The largest absolute Gasteiger partial charge is 0.348 e. The minimum atomic E-state index is -0.486. The Morgan fingerprint density at radius 2 is 1.17 bits per heavy atom.